The highest BCUT2D eigenvalue weighted by molar-refractivity contribution is 7.88. The molecule has 0 spiro atoms. The molecule has 1 N–H and O–H groups in total. The smallest absolute Gasteiger partial charge is 0.241 e. The summed E-state index contributed by atoms with van der Waals surface area (Å²) in [6, 6.07) is 14.6. The standard InChI is InChI=1S/C20H24FN3O3S/c1-16(20(25)22-19-10-6-5-9-18(19)21)23-11-13-24(14-12-23)28(26,27)15-17-7-3-2-4-8-17/h2-10,16H,11-15H2,1H3,(H,22,25)/t16-/m1/s1. The number of amides is 1. The van der Waals surface area contributed by atoms with Gasteiger partial charge < -0.3 is 5.32 Å². The van der Waals surface area contributed by atoms with Crippen LogP contribution in [0.1, 0.15) is 12.5 Å². The zero-order chi connectivity index (χ0) is 20.1. The third kappa shape index (κ3) is 4.95. The second kappa shape index (κ2) is 8.81. The summed E-state index contributed by atoms with van der Waals surface area (Å²) in [5.41, 5.74) is 0.894. The Kier molecular flexibility index (Phi) is 6.43. The van der Waals surface area contributed by atoms with Gasteiger partial charge in [0.2, 0.25) is 15.9 Å². The summed E-state index contributed by atoms with van der Waals surface area (Å²) in [5.74, 6) is -0.831. The number of para-hydroxylation sites is 1. The fourth-order valence-corrected chi connectivity index (χ4v) is 4.73. The molecule has 1 aliphatic heterocycles. The number of nitrogens with zero attached hydrogens (tertiary/aromatic N) is 2. The zero-order valence-corrected chi connectivity index (χ0v) is 16.5. The first kappa shape index (κ1) is 20.4. The Balaban J connectivity index is 1.55. The Labute approximate surface area is 165 Å². The molecule has 0 saturated carbocycles. The van der Waals surface area contributed by atoms with Crippen molar-refractivity contribution in [1.82, 2.24) is 9.21 Å². The molecule has 1 atom stereocenters. The van der Waals surface area contributed by atoms with E-state index in [0.29, 0.717) is 26.2 Å². The molecule has 28 heavy (non-hydrogen) atoms. The van der Waals surface area contributed by atoms with Crippen molar-refractivity contribution >= 4 is 21.6 Å². The number of anilines is 1. The molecule has 0 bridgehead atoms. The van der Waals surface area contributed by atoms with Crippen LogP contribution in [0.15, 0.2) is 54.6 Å². The minimum Gasteiger partial charge on any atom is -0.322 e. The van der Waals surface area contributed by atoms with Gasteiger partial charge >= 0.3 is 0 Å². The predicted molar refractivity (Wildman–Crippen MR) is 107 cm³/mol. The van der Waals surface area contributed by atoms with Crippen LogP contribution in [-0.2, 0) is 20.6 Å². The van der Waals surface area contributed by atoms with E-state index in [1.807, 2.05) is 23.1 Å². The number of sulfonamides is 1. The maximum Gasteiger partial charge on any atom is 0.241 e. The lowest BCUT2D eigenvalue weighted by Crippen LogP contribution is -2.54. The van der Waals surface area contributed by atoms with Crippen molar-refractivity contribution in [3.8, 4) is 0 Å². The minimum absolute atomic E-state index is 0.0306. The van der Waals surface area contributed by atoms with Crippen LogP contribution in [0, 0.1) is 5.82 Å². The number of carbonyl (C=O) groups is 1. The van der Waals surface area contributed by atoms with Gasteiger partial charge in [-0.15, -0.1) is 0 Å². The molecule has 0 aromatic heterocycles. The largest absolute Gasteiger partial charge is 0.322 e. The van der Waals surface area contributed by atoms with E-state index in [1.165, 1.54) is 16.4 Å². The Morgan fingerprint density at radius 1 is 1.04 bits per heavy atom. The van der Waals surface area contributed by atoms with Gasteiger partial charge in [-0.1, -0.05) is 42.5 Å². The van der Waals surface area contributed by atoms with Crippen molar-refractivity contribution < 1.29 is 17.6 Å². The molecule has 8 heteroatoms. The average Bonchev–Trinajstić information content (AvgIpc) is 2.69. The second-order valence-electron chi connectivity index (χ2n) is 6.82. The van der Waals surface area contributed by atoms with Crippen molar-refractivity contribution in [3.63, 3.8) is 0 Å². The Bertz CT molecular complexity index is 913. The number of benzene rings is 2. The van der Waals surface area contributed by atoms with Crippen molar-refractivity contribution in [2.45, 2.75) is 18.7 Å². The maximum atomic E-state index is 13.7. The Morgan fingerprint density at radius 2 is 1.64 bits per heavy atom. The number of rotatable bonds is 6. The van der Waals surface area contributed by atoms with Crippen LogP contribution in [0.4, 0.5) is 10.1 Å². The SMILES string of the molecule is C[C@H](C(=O)Nc1ccccc1F)N1CCN(S(=O)(=O)Cc2ccccc2)CC1. The fraction of sp³-hybridized carbons (Fsp3) is 0.350. The molecule has 2 aromatic carbocycles. The van der Waals surface area contributed by atoms with Crippen LogP contribution < -0.4 is 5.32 Å². The quantitative estimate of drug-likeness (QED) is 0.801. The van der Waals surface area contributed by atoms with E-state index in [-0.39, 0.29) is 17.3 Å². The predicted octanol–water partition coefficient (Wildman–Crippen LogP) is 2.30. The minimum atomic E-state index is -3.40. The van der Waals surface area contributed by atoms with Crippen molar-refractivity contribution in [2.75, 3.05) is 31.5 Å². The molecule has 150 valence electrons. The summed E-state index contributed by atoms with van der Waals surface area (Å²) in [6.45, 7) is 3.28. The van der Waals surface area contributed by atoms with E-state index < -0.39 is 21.9 Å². The normalized spacial score (nSPS) is 17.2. The summed E-state index contributed by atoms with van der Waals surface area (Å²) >= 11 is 0. The van der Waals surface area contributed by atoms with Gasteiger partial charge in [-0.25, -0.2) is 12.8 Å². The monoisotopic (exact) mass is 405 g/mol. The van der Waals surface area contributed by atoms with Gasteiger partial charge in [-0.05, 0) is 24.6 Å². The number of hydrogen-bond donors (Lipinski definition) is 1. The Morgan fingerprint density at radius 3 is 2.29 bits per heavy atom. The Hall–Kier alpha value is -2.29. The molecule has 1 fully saturated rings. The number of piperazine rings is 1. The van der Waals surface area contributed by atoms with Crippen LogP contribution >= 0.6 is 0 Å². The molecule has 1 heterocycles. The van der Waals surface area contributed by atoms with E-state index in [0.717, 1.165) is 5.56 Å². The summed E-state index contributed by atoms with van der Waals surface area (Å²) in [4.78, 5) is 14.3. The highest BCUT2D eigenvalue weighted by atomic mass is 32.2. The van der Waals surface area contributed by atoms with Crippen molar-refractivity contribution in [3.05, 3.63) is 66.0 Å². The molecule has 0 unspecified atom stereocenters. The van der Waals surface area contributed by atoms with E-state index in [9.17, 15) is 17.6 Å². The van der Waals surface area contributed by atoms with E-state index in [2.05, 4.69) is 5.32 Å². The van der Waals surface area contributed by atoms with Crippen LogP contribution in [-0.4, -0.2) is 55.8 Å². The first-order valence-electron chi connectivity index (χ1n) is 9.18. The number of hydrogen-bond acceptors (Lipinski definition) is 4. The molecule has 0 radical (unpaired) electrons. The maximum absolute atomic E-state index is 13.7. The lowest BCUT2D eigenvalue weighted by atomic mass is 10.2. The summed E-state index contributed by atoms with van der Waals surface area (Å²) in [7, 11) is -3.40. The van der Waals surface area contributed by atoms with E-state index in [1.54, 1.807) is 31.2 Å². The first-order chi connectivity index (χ1) is 13.4. The third-order valence-electron chi connectivity index (χ3n) is 4.92. The van der Waals surface area contributed by atoms with Gasteiger partial charge in [0.15, 0.2) is 0 Å². The van der Waals surface area contributed by atoms with Gasteiger partial charge in [-0.2, -0.15) is 4.31 Å². The molecule has 1 aliphatic rings. The number of halogens is 1. The fourth-order valence-electron chi connectivity index (χ4n) is 3.21. The third-order valence-corrected chi connectivity index (χ3v) is 6.77. The lowest BCUT2D eigenvalue weighted by Gasteiger charge is -2.36. The van der Waals surface area contributed by atoms with Crippen LogP contribution in [0.3, 0.4) is 0 Å². The highest BCUT2D eigenvalue weighted by Gasteiger charge is 2.31. The van der Waals surface area contributed by atoms with E-state index in [4.69, 9.17) is 0 Å². The topological polar surface area (TPSA) is 69.7 Å². The summed E-state index contributed by atoms with van der Waals surface area (Å²) < 4.78 is 40.4. The molecular weight excluding hydrogens is 381 g/mol. The van der Waals surface area contributed by atoms with Crippen LogP contribution in [0.25, 0.3) is 0 Å². The zero-order valence-electron chi connectivity index (χ0n) is 15.7. The lowest BCUT2D eigenvalue weighted by molar-refractivity contribution is -0.121. The highest BCUT2D eigenvalue weighted by Crippen LogP contribution is 2.17. The number of carbonyl (C=O) groups excluding carboxylic acids is 1. The molecule has 3 rings (SSSR count). The first-order valence-corrected chi connectivity index (χ1v) is 10.8. The van der Waals surface area contributed by atoms with Gasteiger partial charge in [-0.3, -0.25) is 9.69 Å². The van der Waals surface area contributed by atoms with Gasteiger partial charge in [0, 0.05) is 26.2 Å². The summed E-state index contributed by atoms with van der Waals surface area (Å²) in [6.07, 6.45) is 0. The summed E-state index contributed by atoms with van der Waals surface area (Å²) in [5, 5.41) is 2.59. The van der Waals surface area contributed by atoms with Crippen molar-refractivity contribution in [1.29, 1.82) is 0 Å². The van der Waals surface area contributed by atoms with Gasteiger partial charge in [0.25, 0.3) is 0 Å². The molecular formula is C20H24FN3O3S. The van der Waals surface area contributed by atoms with Gasteiger partial charge in [0.1, 0.15) is 5.82 Å². The van der Waals surface area contributed by atoms with Gasteiger partial charge in [0.05, 0.1) is 17.5 Å². The van der Waals surface area contributed by atoms with E-state index >= 15 is 0 Å². The molecule has 1 amide bonds. The molecule has 6 nitrogen and oxygen atoms in total. The molecule has 1 saturated heterocycles. The van der Waals surface area contributed by atoms with Crippen molar-refractivity contribution in [2.24, 2.45) is 0 Å². The van der Waals surface area contributed by atoms with Crippen LogP contribution in [0.5, 0.6) is 0 Å². The molecule has 2 aromatic rings. The second-order valence-corrected chi connectivity index (χ2v) is 8.79. The molecule has 0 aliphatic carbocycles. The number of nitrogens with one attached hydrogen (secondary N) is 1. The van der Waals surface area contributed by atoms with Crippen LogP contribution in [0.2, 0.25) is 0 Å². The average molecular weight is 405 g/mol.